The van der Waals surface area contributed by atoms with Crippen LogP contribution in [0.2, 0.25) is 0 Å². The van der Waals surface area contributed by atoms with Gasteiger partial charge in [-0.2, -0.15) is 4.73 Å². The molecular weight excluding hydrogens is 244 g/mol. The summed E-state index contributed by atoms with van der Waals surface area (Å²) in [6.07, 6.45) is 3.29. The predicted octanol–water partition coefficient (Wildman–Crippen LogP) is 3.11. The summed E-state index contributed by atoms with van der Waals surface area (Å²) in [5, 5.41) is 14.0. The Hall–Kier alpha value is -2.20. The van der Waals surface area contributed by atoms with Crippen molar-refractivity contribution in [2.45, 2.75) is 0 Å². The zero-order valence-corrected chi connectivity index (χ0v) is 10.3. The van der Waals surface area contributed by atoms with Crippen molar-refractivity contribution in [3.8, 4) is 21.8 Å². The van der Waals surface area contributed by atoms with Crippen LogP contribution >= 0.6 is 11.3 Å². The Balaban J connectivity index is 2.05. The van der Waals surface area contributed by atoms with Crippen LogP contribution in [0, 0.1) is 5.21 Å². The van der Waals surface area contributed by atoms with Crippen LogP contribution in [0.3, 0.4) is 0 Å². The molecule has 0 saturated carbocycles. The standard InChI is InChI=1S/C14H10N2OS/c17-16-10-11(12-4-1-2-8-15-12)6-7-13(16)14-5-3-9-18-14/h1-10H. The Kier molecular flexibility index (Phi) is 2.78. The van der Waals surface area contributed by atoms with Gasteiger partial charge in [-0.25, -0.2) is 0 Å². The highest BCUT2D eigenvalue weighted by atomic mass is 32.1. The van der Waals surface area contributed by atoms with E-state index in [1.807, 2.05) is 47.8 Å². The van der Waals surface area contributed by atoms with E-state index >= 15 is 0 Å². The second kappa shape index (κ2) is 4.58. The van der Waals surface area contributed by atoms with Gasteiger partial charge in [0.1, 0.15) is 0 Å². The smallest absolute Gasteiger partial charge is 0.233 e. The number of rotatable bonds is 2. The zero-order chi connectivity index (χ0) is 12.4. The molecule has 0 bridgehead atoms. The van der Waals surface area contributed by atoms with E-state index in [0.717, 1.165) is 20.9 Å². The largest absolute Gasteiger partial charge is 0.618 e. The maximum Gasteiger partial charge on any atom is 0.233 e. The summed E-state index contributed by atoms with van der Waals surface area (Å²) in [5.41, 5.74) is 2.30. The van der Waals surface area contributed by atoms with E-state index in [1.165, 1.54) is 0 Å². The Morgan fingerprint density at radius 2 is 2.00 bits per heavy atom. The monoisotopic (exact) mass is 254 g/mol. The molecule has 0 spiro atoms. The van der Waals surface area contributed by atoms with E-state index < -0.39 is 0 Å². The summed E-state index contributed by atoms with van der Waals surface area (Å²) in [5.74, 6) is 0. The van der Waals surface area contributed by atoms with Crippen LogP contribution in [-0.4, -0.2) is 4.98 Å². The van der Waals surface area contributed by atoms with Crippen LogP contribution in [0.25, 0.3) is 21.8 Å². The summed E-state index contributed by atoms with van der Waals surface area (Å²) in [7, 11) is 0. The van der Waals surface area contributed by atoms with Gasteiger partial charge in [0.05, 0.1) is 16.1 Å². The van der Waals surface area contributed by atoms with Gasteiger partial charge in [0.25, 0.3) is 0 Å². The van der Waals surface area contributed by atoms with E-state index in [1.54, 1.807) is 23.7 Å². The van der Waals surface area contributed by atoms with E-state index in [4.69, 9.17) is 0 Å². The summed E-state index contributed by atoms with van der Waals surface area (Å²) in [6.45, 7) is 0. The molecule has 0 saturated heterocycles. The number of hydrogen-bond donors (Lipinski definition) is 0. The van der Waals surface area contributed by atoms with Crippen LogP contribution in [0.15, 0.2) is 60.2 Å². The van der Waals surface area contributed by atoms with Gasteiger partial charge in [-0.15, -0.1) is 11.3 Å². The number of nitrogens with zero attached hydrogens (tertiary/aromatic N) is 2. The van der Waals surface area contributed by atoms with Crippen molar-refractivity contribution < 1.29 is 4.73 Å². The first-order valence-corrected chi connectivity index (χ1v) is 6.41. The van der Waals surface area contributed by atoms with Crippen molar-refractivity contribution >= 4 is 11.3 Å². The second-order valence-corrected chi connectivity index (χ2v) is 4.77. The Morgan fingerprint density at radius 1 is 1.06 bits per heavy atom. The molecule has 4 heteroatoms. The van der Waals surface area contributed by atoms with Crippen molar-refractivity contribution in [1.29, 1.82) is 0 Å². The maximum absolute atomic E-state index is 12.0. The summed E-state index contributed by atoms with van der Waals surface area (Å²) >= 11 is 1.56. The molecule has 3 nitrogen and oxygen atoms in total. The van der Waals surface area contributed by atoms with Crippen molar-refractivity contribution in [3.63, 3.8) is 0 Å². The van der Waals surface area contributed by atoms with E-state index in [-0.39, 0.29) is 0 Å². The lowest BCUT2D eigenvalue weighted by Crippen LogP contribution is -2.28. The molecule has 0 aliphatic heterocycles. The molecule has 0 radical (unpaired) electrons. The molecule has 88 valence electrons. The summed E-state index contributed by atoms with van der Waals surface area (Å²) in [6, 6.07) is 13.3. The van der Waals surface area contributed by atoms with Crippen molar-refractivity contribution in [2.75, 3.05) is 0 Å². The molecule has 0 aliphatic rings. The average molecular weight is 254 g/mol. The fraction of sp³-hybridized carbons (Fsp3) is 0. The Bertz CT molecular complexity index is 651. The Morgan fingerprint density at radius 3 is 2.67 bits per heavy atom. The van der Waals surface area contributed by atoms with Gasteiger partial charge in [-0.1, -0.05) is 12.1 Å². The number of thiophene rings is 1. The predicted molar refractivity (Wildman–Crippen MR) is 71.9 cm³/mol. The fourth-order valence-corrected chi connectivity index (χ4v) is 2.52. The number of hydrogen-bond acceptors (Lipinski definition) is 3. The van der Waals surface area contributed by atoms with Gasteiger partial charge >= 0.3 is 0 Å². The lowest BCUT2D eigenvalue weighted by molar-refractivity contribution is -0.592. The highest BCUT2D eigenvalue weighted by Gasteiger charge is 2.11. The maximum atomic E-state index is 12.0. The first kappa shape index (κ1) is 10.9. The molecule has 3 aromatic rings. The first-order chi connectivity index (χ1) is 8.84. The van der Waals surface area contributed by atoms with Crippen LogP contribution in [0.4, 0.5) is 0 Å². The number of aromatic nitrogens is 2. The molecule has 0 atom stereocenters. The van der Waals surface area contributed by atoms with Gasteiger partial charge in [-0.05, 0) is 29.6 Å². The highest BCUT2D eigenvalue weighted by molar-refractivity contribution is 7.13. The molecular formula is C14H10N2OS. The van der Waals surface area contributed by atoms with Crippen molar-refractivity contribution in [2.24, 2.45) is 0 Å². The molecule has 0 amide bonds. The van der Waals surface area contributed by atoms with Gasteiger partial charge in [0.15, 0.2) is 6.20 Å². The lowest BCUT2D eigenvalue weighted by atomic mass is 10.1. The van der Waals surface area contributed by atoms with Gasteiger partial charge in [-0.3, -0.25) is 4.98 Å². The van der Waals surface area contributed by atoms with Crippen molar-refractivity contribution in [3.05, 3.63) is 65.4 Å². The molecule has 0 aromatic carbocycles. The van der Waals surface area contributed by atoms with Gasteiger partial charge < -0.3 is 5.21 Å². The summed E-state index contributed by atoms with van der Waals surface area (Å²) < 4.78 is 0.899. The molecule has 0 fully saturated rings. The quantitative estimate of drug-likeness (QED) is 0.520. The average Bonchev–Trinajstić information content (AvgIpc) is 2.93. The normalized spacial score (nSPS) is 10.4. The van der Waals surface area contributed by atoms with Gasteiger partial charge in [0, 0.05) is 12.3 Å². The van der Waals surface area contributed by atoms with Crippen LogP contribution in [0.1, 0.15) is 0 Å². The lowest BCUT2D eigenvalue weighted by Gasteiger charge is -2.05. The highest BCUT2D eigenvalue weighted by Crippen LogP contribution is 2.23. The summed E-state index contributed by atoms with van der Waals surface area (Å²) in [4.78, 5) is 5.20. The fourth-order valence-electron chi connectivity index (χ4n) is 1.78. The molecule has 18 heavy (non-hydrogen) atoms. The number of pyridine rings is 2. The van der Waals surface area contributed by atoms with Gasteiger partial charge in [0.2, 0.25) is 5.69 Å². The molecule has 3 rings (SSSR count). The SMILES string of the molecule is [O-][n+]1cc(-c2ccccn2)ccc1-c1cccs1. The third-order valence-corrected chi connectivity index (χ3v) is 3.54. The van der Waals surface area contributed by atoms with Crippen LogP contribution < -0.4 is 4.73 Å². The Labute approximate surface area is 109 Å². The van der Waals surface area contributed by atoms with E-state index in [0.29, 0.717) is 5.69 Å². The molecule has 3 aromatic heterocycles. The minimum Gasteiger partial charge on any atom is -0.618 e. The first-order valence-electron chi connectivity index (χ1n) is 5.53. The van der Waals surface area contributed by atoms with E-state index in [9.17, 15) is 5.21 Å². The zero-order valence-electron chi connectivity index (χ0n) is 9.48. The van der Waals surface area contributed by atoms with E-state index in [2.05, 4.69) is 4.98 Å². The topological polar surface area (TPSA) is 39.8 Å². The molecule has 3 heterocycles. The third kappa shape index (κ3) is 1.98. The molecule has 0 unspecified atom stereocenters. The van der Waals surface area contributed by atoms with Crippen LogP contribution in [-0.2, 0) is 0 Å². The van der Waals surface area contributed by atoms with Crippen LogP contribution in [0.5, 0.6) is 0 Å². The molecule has 0 N–H and O–H groups in total. The molecule has 0 aliphatic carbocycles. The third-order valence-electron chi connectivity index (χ3n) is 2.65. The second-order valence-electron chi connectivity index (χ2n) is 3.82. The minimum atomic E-state index is 0.671. The van der Waals surface area contributed by atoms with Crippen molar-refractivity contribution in [1.82, 2.24) is 4.98 Å². The minimum absolute atomic E-state index is 0.671.